The Hall–Kier alpha value is -2.13. The molecule has 0 atom stereocenters. The number of esters is 1. The molecule has 0 aliphatic heterocycles. The zero-order valence-corrected chi connectivity index (χ0v) is 10.6. The highest BCUT2D eigenvalue weighted by atomic mass is 19.4. The van der Waals surface area contributed by atoms with Gasteiger partial charge >= 0.3 is 12.3 Å². The third kappa shape index (κ3) is 4.72. The molecular weight excluding hydrogens is 305 g/mol. The van der Waals surface area contributed by atoms with E-state index in [4.69, 9.17) is 0 Å². The number of alkyl halides is 5. The fourth-order valence-corrected chi connectivity index (χ4v) is 1.47. The number of hydrogen-bond donors (Lipinski definition) is 1. The summed E-state index contributed by atoms with van der Waals surface area (Å²) in [6, 6.07) is 0. The third-order valence-electron chi connectivity index (χ3n) is 2.23. The summed E-state index contributed by atoms with van der Waals surface area (Å²) in [5.74, 6) is -2.28. The SMILES string of the molecule is CCOC(=O)Cc1c[nH]c(OC(F)(F)F)c(C(F)F)c1=O. The van der Waals surface area contributed by atoms with Crippen molar-refractivity contribution < 1.29 is 36.2 Å². The molecule has 1 aromatic heterocycles. The summed E-state index contributed by atoms with van der Waals surface area (Å²) in [7, 11) is 0. The van der Waals surface area contributed by atoms with Crippen molar-refractivity contribution in [1.29, 1.82) is 0 Å². The lowest BCUT2D eigenvalue weighted by molar-refractivity contribution is -0.276. The van der Waals surface area contributed by atoms with Crippen LogP contribution in [0.1, 0.15) is 24.5 Å². The van der Waals surface area contributed by atoms with Gasteiger partial charge in [0.15, 0.2) is 5.43 Å². The maximum Gasteiger partial charge on any atom is 0.574 e. The average Bonchev–Trinajstić information content (AvgIpc) is 2.30. The van der Waals surface area contributed by atoms with Crippen LogP contribution in [0.5, 0.6) is 5.88 Å². The molecule has 0 amide bonds. The lowest BCUT2D eigenvalue weighted by Gasteiger charge is -2.13. The van der Waals surface area contributed by atoms with Crippen molar-refractivity contribution in [3.05, 3.63) is 27.5 Å². The second kappa shape index (κ2) is 6.55. The molecule has 0 aliphatic rings. The van der Waals surface area contributed by atoms with Gasteiger partial charge in [-0.1, -0.05) is 0 Å². The van der Waals surface area contributed by atoms with E-state index >= 15 is 0 Å². The Morgan fingerprint density at radius 2 is 2.00 bits per heavy atom. The minimum absolute atomic E-state index is 0.00765. The van der Waals surface area contributed by atoms with Gasteiger partial charge < -0.3 is 14.5 Å². The lowest BCUT2D eigenvalue weighted by Crippen LogP contribution is -2.25. The van der Waals surface area contributed by atoms with Gasteiger partial charge in [0.05, 0.1) is 13.0 Å². The fourth-order valence-electron chi connectivity index (χ4n) is 1.47. The summed E-state index contributed by atoms with van der Waals surface area (Å²) in [5.41, 5.74) is -3.34. The number of ether oxygens (including phenoxy) is 2. The molecule has 0 aliphatic carbocycles. The third-order valence-corrected chi connectivity index (χ3v) is 2.23. The van der Waals surface area contributed by atoms with E-state index in [2.05, 4.69) is 9.47 Å². The lowest BCUT2D eigenvalue weighted by atomic mass is 10.1. The Morgan fingerprint density at radius 1 is 1.38 bits per heavy atom. The summed E-state index contributed by atoms with van der Waals surface area (Å²) >= 11 is 0. The van der Waals surface area contributed by atoms with Crippen LogP contribution in [0.15, 0.2) is 11.0 Å². The van der Waals surface area contributed by atoms with E-state index in [0.717, 1.165) is 0 Å². The first-order valence-corrected chi connectivity index (χ1v) is 5.59. The van der Waals surface area contributed by atoms with Gasteiger partial charge in [-0.2, -0.15) is 0 Å². The molecule has 0 bridgehead atoms. The van der Waals surface area contributed by atoms with Crippen molar-refractivity contribution >= 4 is 5.97 Å². The van der Waals surface area contributed by atoms with E-state index in [0.29, 0.717) is 6.20 Å². The topological polar surface area (TPSA) is 68.4 Å². The van der Waals surface area contributed by atoms with Crippen molar-refractivity contribution in [2.24, 2.45) is 0 Å². The normalized spacial score (nSPS) is 11.6. The summed E-state index contributed by atoms with van der Waals surface area (Å²) in [6.45, 7) is 1.50. The fraction of sp³-hybridized carbons (Fsp3) is 0.455. The molecule has 10 heteroatoms. The zero-order valence-electron chi connectivity index (χ0n) is 10.6. The molecule has 0 spiro atoms. The van der Waals surface area contributed by atoms with Crippen LogP contribution in [0, 0.1) is 0 Å². The number of hydrogen-bond acceptors (Lipinski definition) is 4. The maximum atomic E-state index is 12.7. The molecule has 1 rings (SSSR count). The molecule has 1 heterocycles. The first-order valence-electron chi connectivity index (χ1n) is 5.59. The molecule has 0 radical (unpaired) electrons. The van der Waals surface area contributed by atoms with E-state index in [-0.39, 0.29) is 6.61 Å². The van der Waals surface area contributed by atoms with Gasteiger partial charge in [-0.25, -0.2) is 8.78 Å². The highest BCUT2D eigenvalue weighted by Gasteiger charge is 2.35. The monoisotopic (exact) mass is 315 g/mol. The number of H-pyrrole nitrogens is 1. The van der Waals surface area contributed by atoms with Crippen LogP contribution < -0.4 is 10.2 Å². The quantitative estimate of drug-likeness (QED) is 0.669. The summed E-state index contributed by atoms with van der Waals surface area (Å²) in [6.07, 6.45) is -8.69. The number of pyridine rings is 1. The Morgan fingerprint density at radius 3 is 2.48 bits per heavy atom. The Kier molecular flexibility index (Phi) is 5.28. The Labute approximate surface area is 114 Å². The van der Waals surface area contributed by atoms with Gasteiger partial charge in [-0.15, -0.1) is 13.2 Å². The largest absolute Gasteiger partial charge is 0.574 e. The maximum absolute atomic E-state index is 12.7. The zero-order chi connectivity index (χ0) is 16.2. The first kappa shape index (κ1) is 16.9. The van der Waals surface area contributed by atoms with Crippen LogP contribution in [0.25, 0.3) is 0 Å². The second-order valence-corrected chi connectivity index (χ2v) is 3.72. The smallest absolute Gasteiger partial charge is 0.466 e. The number of rotatable bonds is 5. The summed E-state index contributed by atoms with van der Waals surface area (Å²) in [4.78, 5) is 24.7. The predicted molar refractivity (Wildman–Crippen MR) is 59.0 cm³/mol. The van der Waals surface area contributed by atoms with Crippen LogP contribution in [0.4, 0.5) is 22.0 Å². The number of aromatic nitrogens is 1. The van der Waals surface area contributed by atoms with E-state index < -0.39 is 47.6 Å². The van der Waals surface area contributed by atoms with Crippen LogP contribution in [-0.4, -0.2) is 23.9 Å². The van der Waals surface area contributed by atoms with Crippen LogP contribution in [0.2, 0.25) is 0 Å². The standard InChI is InChI=1S/C11H10F5NO4/c1-2-20-6(18)3-5-4-17-10(21-11(14,15)16)7(8(5)19)9(12)13/h4,9H,2-3H2,1H3,(H,17,19). The number of nitrogens with one attached hydrogen (secondary N) is 1. The van der Waals surface area contributed by atoms with E-state index in [9.17, 15) is 31.5 Å². The van der Waals surface area contributed by atoms with Gasteiger partial charge in [0, 0.05) is 11.8 Å². The molecule has 0 aromatic carbocycles. The van der Waals surface area contributed by atoms with Gasteiger partial charge in [-0.3, -0.25) is 9.59 Å². The molecule has 118 valence electrons. The molecule has 0 unspecified atom stereocenters. The number of carbonyl (C=O) groups excluding carboxylic acids is 1. The van der Waals surface area contributed by atoms with Crippen molar-refractivity contribution in [2.75, 3.05) is 6.61 Å². The van der Waals surface area contributed by atoms with Crippen molar-refractivity contribution in [2.45, 2.75) is 26.1 Å². The highest BCUT2D eigenvalue weighted by molar-refractivity contribution is 5.72. The van der Waals surface area contributed by atoms with Gasteiger partial charge in [0.1, 0.15) is 5.56 Å². The summed E-state index contributed by atoms with van der Waals surface area (Å²) in [5, 5.41) is 0. The Balaban J connectivity index is 3.20. The summed E-state index contributed by atoms with van der Waals surface area (Å²) < 4.78 is 69.5. The van der Waals surface area contributed by atoms with Gasteiger partial charge in [-0.05, 0) is 6.92 Å². The number of carbonyl (C=O) groups is 1. The molecule has 21 heavy (non-hydrogen) atoms. The number of halogens is 5. The predicted octanol–water partition coefficient (Wildman–Crippen LogP) is 2.32. The molecule has 0 saturated carbocycles. The van der Waals surface area contributed by atoms with Crippen LogP contribution >= 0.6 is 0 Å². The molecule has 1 N–H and O–H groups in total. The average molecular weight is 315 g/mol. The van der Waals surface area contributed by atoms with Crippen LogP contribution in [0.3, 0.4) is 0 Å². The molecule has 0 saturated heterocycles. The van der Waals surface area contributed by atoms with E-state index in [1.54, 1.807) is 4.98 Å². The minimum atomic E-state index is -5.24. The number of aromatic amines is 1. The molecule has 1 aromatic rings. The van der Waals surface area contributed by atoms with Gasteiger partial charge in [0.25, 0.3) is 6.43 Å². The molecular formula is C11H10F5NO4. The molecule has 0 fully saturated rings. The van der Waals surface area contributed by atoms with E-state index in [1.807, 2.05) is 0 Å². The van der Waals surface area contributed by atoms with Crippen molar-refractivity contribution in [3.8, 4) is 5.88 Å². The molecule has 5 nitrogen and oxygen atoms in total. The Bertz CT molecular complexity index is 567. The highest BCUT2D eigenvalue weighted by Crippen LogP contribution is 2.28. The second-order valence-electron chi connectivity index (χ2n) is 3.72. The minimum Gasteiger partial charge on any atom is -0.466 e. The van der Waals surface area contributed by atoms with Crippen molar-refractivity contribution in [1.82, 2.24) is 4.98 Å². The van der Waals surface area contributed by atoms with Crippen molar-refractivity contribution in [3.63, 3.8) is 0 Å². The van der Waals surface area contributed by atoms with Crippen LogP contribution in [-0.2, 0) is 16.0 Å². The van der Waals surface area contributed by atoms with Gasteiger partial charge in [0.2, 0.25) is 5.88 Å². The first-order chi connectivity index (χ1) is 9.65. The van der Waals surface area contributed by atoms with E-state index in [1.165, 1.54) is 6.92 Å².